The van der Waals surface area contributed by atoms with Crippen molar-refractivity contribution in [3.05, 3.63) is 33.1 Å². The van der Waals surface area contributed by atoms with Gasteiger partial charge in [-0.2, -0.15) is 0 Å². The molecule has 0 saturated carbocycles. The third-order valence-corrected chi connectivity index (χ3v) is 3.03. The minimum absolute atomic E-state index is 0.0140. The minimum atomic E-state index is -0.822. The van der Waals surface area contributed by atoms with Gasteiger partial charge in [0.25, 0.3) is 0 Å². The predicted molar refractivity (Wildman–Crippen MR) is 64.6 cm³/mol. The molecule has 18 heavy (non-hydrogen) atoms. The normalized spacial score (nSPS) is 19.6. The summed E-state index contributed by atoms with van der Waals surface area (Å²) in [4.78, 5) is 10.2. The van der Waals surface area contributed by atoms with Crippen LogP contribution in [0.15, 0.2) is 12.1 Å². The first-order valence-corrected chi connectivity index (χ1v) is 5.96. The fourth-order valence-electron chi connectivity index (χ4n) is 1.86. The molecule has 0 aliphatic carbocycles. The van der Waals surface area contributed by atoms with Gasteiger partial charge in [0.05, 0.1) is 16.0 Å². The lowest BCUT2D eigenvalue weighted by Crippen LogP contribution is -2.37. The van der Waals surface area contributed by atoms with Crippen molar-refractivity contribution in [2.45, 2.75) is 18.9 Å². The van der Waals surface area contributed by atoms with E-state index in [0.29, 0.717) is 6.54 Å². The summed E-state index contributed by atoms with van der Waals surface area (Å²) >= 11 is 5.61. The van der Waals surface area contributed by atoms with Gasteiger partial charge < -0.3 is 10.1 Å². The van der Waals surface area contributed by atoms with E-state index in [-0.39, 0.29) is 16.9 Å². The summed E-state index contributed by atoms with van der Waals surface area (Å²) in [5, 5.41) is 13.8. The number of ether oxygens (including phenoxy) is 1. The Kier molecular flexibility index (Phi) is 3.98. The van der Waals surface area contributed by atoms with Crippen molar-refractivity contribution in [1.29, 1.82) is 0 Å². The maximum absolute atomic E-state index is 13.2. The largest absolute Gasteiger partial charge is 0.482 e. The Morgan fingerprint density at radius 3 is 2.94 bits per heavy atom. The quantitative estimate of drug-likeness (QED) is 0.679. The molecule has 1 aromatic rings. The Hall–Kier alpha value is -1.40. The molecule has 1 aliphatic heterocycles. The molecule has 0 bridgehead atoms. The Balaban J connectivity index is 2.24. The number of nitrogens with zero attached hydrogens (tertiary/aromatic N) is 1. The smallest absolute Gasteiger partial charge is 0.313 e. The number of nitrogens with one attached hydrogen (secondary N) is 1. The molecule has 2 rings (SSSR count). The van der Waals surface area contributed by atoms with E-state index >= 15 is 0 Å². The van der Waals surface area contributed by atoms with E-state index in [2.05, 4.69) is 5.32 Å². The van der Waals surface area contributed by atoms with Gasteiger partial charge in [0.15, 0.2) is 5.75 Å². The molecular formula is C11H12ClFN2O3. The van der Waals surface area contributed by atoms with Crippen molar-refractivity contribution in [3.63, 3.8) is 0 Å². The van der Waals surface area contributed by atoms with Crippen molar-refractivity contribution >= 4 is 17.3 Å². The zero-order valence-electron chi connectivity index (χ0n) is 9.49. The highest BCUT2D eigenvalue weighted by Crippen LogP contribution is 2.33. The van der Waals surface area contributed by atoms with E-state index in [9.17, 15) is 14.5 Å². The highest BCUT2D eigenvalue weighted by atomic mass is 35.5. The topological polar surface area (TPSA) is 64.4 Å². The van der Waals surface area contributed by atoms with Crippen LogP contribution in [0.4, 0.5) is 10.1 Å². The monoisotopic (exact) mass is 274 g/mol. The predicted octanol–water partition coefficient (Wildman–Crippen LogP) is 2.52. The molecular weight excluding hydrogens is 263 g/mol. The molecule has 7 heteroatoms. The van der Waals surface area contributed by atoms with Gasteiger partial charge in [-0.25, -0.2) is 4.39 Å². The lowest BCUT2D eigenvalue weighted by molar-refractivity contribution is -0.386. The molecule has 1 saturated heterocycles. The van der Waals surface area contributed by atoms with Gasteiger partial charge in [0.2, 0.25) is 0 Å². The number of nitro benzene ring substituents is 1. The van der Waals surface area contributed by atoms with Crippen LogP contribution in [0.2, 0.25) is 5.02 Å². The van der Waals surface area contributed by atoms with Crippen LogP contribution >= 0.6 is 11.6 Å². The molecule has 5 nitrogen and oxygen atoms in total. The number of hydrogen-bond acceptors (Lipinski definition) is 4. The molecule has 1 atom stereocenters. The molecule has 1 N–H and O–H groups in total. The minimum Gasteiger partial charge on any atom is -0.482 e. The molecule has 1 aliphatic rings. The lowest BCUT2D eigenvalue weighted by atomic mass is 10.1. The lowest BCUT2D eigenvalue weighted by Gasteiger charge is -2.23. The van der Waals surface area contributed by atoms with Crippen molar-refractivity contribution < 1.29 is 14.1 Å². The van der Waals surface area contributed by atoms with Gasteiger partial charge in [-0.1, -0.05) is 11.6 Å². The van der Waals surface area contributed by atoms with Crippen molar-refractivity contribution in [2.75, 3.05) is 13.1 Å². The number of nitro groups is 1. The third kappa shape index (κ3) is 2.88. The second-order valence-corrected chi connectivity index (χ2v) is 4.48. The molecule has 1 fully saturated rings. The van der Waals surface area contributed by atoms with Crippen LogP contribution in [-0.2, 0) is 0 Å². The molecule has 0 spiro atoms. The number of piperidine rings is 1. The molecule has 98 valence electrons. The first-order valence-electron chi connectivity index (χ1n) is 5.58. The van der Waals surface area contributed by atoms with E-state index in [1.807, 2.05) is 0 Å². The Morgan fingerprint density at radius 2 is 2.33 bits per heavy atom. The number of halogens is 2. The summed E-state index contributed by atoms with van der Waals surface area (Å²) < 4.78 is 18.7. The zero-order chi connectivity index (χ0) is 13.1. The number of hydrogen-bond donors (Lipinski definition) is 1. The average Bonchev–Trinajstić information content (AvgIpc) is 2.34. The summed E-state index contributed by atoms with van der Waals surface area (Å²) in [7, 11) is 0. The van der Waals surface area contributed by atoms with Crippen LogP contribution in [-0.4, -0.2) is 24.1 Å². The first kappa shape index (κ1) is 13.0. The van der Waals surface area contributed by atoms with Crippen LogP contribution in [0, 0.1) is 15.9 Å². The molecule has 1 heterocycles. The molecule has 0 unspecified atom stereocenters. The second-order valence-electron chi connectivity index (χ2n) is 4.08. The summed E-state index contributed by atoms with van der Waals surface area (Å²) in [6.45, 7) is 1.53. The van der Waals surface area contributed by atoms with Gasteiger partial charge >= 0.3 is 5.69 Å². The Morgan fingerprint density at radius 1 is 1.56 bits per heavy atom. The first-order chi connectivity index (χ1) is 8.58. The average molecular weight is 275 g/mol. The molecule has 0 amide bonds. The van der Waals surface area contributed by atoms with E-state index in [4.69, 9.17) is 16.3 Å². The number of benzene rings is 1. The summed E-state index contributed by atoms with van der Waals surface area (Å²) in [5.41, 5.74) is -0.400. The Labute approximate surface area is 108 Å². The maximum Gasteiger partial charge on any atom is 0.313 e. The zero-order valence-corrected chi connectivity index (χ0v) is 10.2. The van der Waals surface area contributed by atoms with E-state index < -0.39 is 16.4 Å². The van der Waals surface area contributed by atoms with Crippen molar-refractivity contribution in [1.82, 2.24) is 5.32 Å². The highest BCUT2D eigenvalue weighted by Gasteiger charge is 2.23. The van der Waals surface area contributed by atoms with Crippen molar-refractivity contribution in [2.24, 2.45) is 0 Å². The number of rotatable bonds is 3. The van der Waals surface area contributed by atoms with Gasteiger partial charge in [-0.05, 0) is 19.4 Å². The summed E-state index contributed by atoms with van der Waals surface area (Å²) in [6, 6.07) is 1.94. The fourth-order valence-corrected chi connectivity index (χ4v) is 2.01. The molecule has 0 radical (unpaired) electrons. The van der Waals surface area contributed by atoms with Gasteiger partial charge in [0.1, 0.15) is 11.9 Å². The maximum atomic E-state index is 13.2. The summed E-state index contributed by atoms with van der Waals surface area (Å²) in [5.74, 6) is -0.808. The van der Waals surface area contributed by atoms with E-state index in [0.717, 1.165) is 31.5 Å². The standard InChI is InChI=1S/C11H12ClFN2O3/c12-8-4-11(10(15(16)17)5-9(8)13)18-7-2-1-3-14-6-7/h4-5,7,14H,1-3,6H2/t7-/m0/s1. The molecule has 0 aromatic heterocycles. The van der Waals surface area contributed by atoms with Crippen LogP contribution < -0.4 is 10.1 Å². The van der Waals surface area contributed by atoms with Crippen LogP contribution in [0.1, 0.15) is 12.8 Å². The van der Waals surface area contributed by atoms with Crippen LogP contribution in [0.3, 0.4) is 0 Å². The highest BCUT2D eigenvalue weighted by molar-refractivity contribution is 6.31. The Bertz CT molecular complexity index is 464. The van der Waals surface area contributed by atoms with Gasteiger partial charge in [-0.3, -0.25) is 10.1 Å². The van der Waals surface area contributed by atoms with Gasteiger partial charge in [0, 0.05) is 12.6 Å². The fraction of sp³-hybridized carbons (Fsp3) is 0.455. The van der Waals surface area contributed by atoms with Crippen LogP contribution in [0.25, 0.3) is 0 Å². The van der Waals surface area contributed by atoms with E-state index in [1.165, 1.54) is 0 Å². The summed E-state index contributed by atoms with van der Waals surface area (Å²) in [6.07, 6.45) is 1.59. The molecule has 1 aromatic carbocycles. The van der Waals surface area contributed by atoms with Crippen molar-refractivity contribution in [3.8, 4) is 5.75 Å². The SMILES string of the molecule is O=[N+]([O-])c1cc(F)c(Cl)cc1O[C@H]1CCCNC1. The van der Waals surface area contributed by atoms with Crippen LogP contribution in [0.5, 0.6) is 5.75 Å². The second kappa shape index (κ2) is 5.49. The third-order valence-electron chi connectivity index (χ3n) is 2.74. The van der Waals surface area contributed by atoms with Gasteiger partial charge in [-0.15, -0.1) is 0 Å². The van der Waals surface area contributed by atoms with E-state index in [1.54, 1.807) is 0 Å².